The van der Waals surface area contributed by atoms with Crippen molar-refractivity contribution in [1.29, 1.82) is 0 Å². The van der Waals surface area contributed by atoms with Crippen LogP contribution in [0, 0.1) is 10.1 Å². The van der Waals surface area contributed by atoms with Gasteiger partial charge in [0, 0.05) is 37.1 Å². The molecule has 0 unspecified atom stereocenters. The van der Waals surface area contributed by atoms with Gasteiger partial charge in [-0.1, -0.05) is 0 Å². The first kappa shape index (κ1) is 17.4. The van der Waals surface area contributed by atoms with Crippen LogP contribution in [0.3, 0.4) is 0 Å². The van der Waals surface area contributed by atoms with E-state index in [1.54, 1.807) is 23.4 Å². The molecule has 1 aromatic heterocycles. The summed E-state index contributed by atoms with van der Waals surface area (Å²) in [4.78, 5) is 28.8. The first-order chi connectivity index (χ1) is 11.6. The molecule has 0 aliphatic rings. The number of nitro groups is 1. The van der Waals surface area contributed by atoms with Gasteiger partial charge in [-0.15, -0.1) is 0 Å². The number of nitrogens with zero attached hydrogens (tertiary/aromatic N) is 3. The maximum Gasteiger partial charge on any atom is 0.311 e. The van der Waals surface area contributed by atoms with Crippen LogP contribution in [0.25, 0.3) is 0 Å². The van der Waals surface area contributed by atoms with Crippen LogP contribution in [0.4, 0.5) is 5.69 Å². The Labute approximate surface area is 140 Å². The summed E-state index contributed by atoms with van der Waals surface area (Å²) < 4.78 is 4.96. The van der Waals surface area contributed by atoms with Crippen molar-refractivity contribution in [1.82, 2.24) is 9.88 Å². The van der Waals surface area contributed by atoms with Crippen molar-refractivity contribution in [2.24, 2.45) is 0 Å². The topological polar surface area (TPSA) is 85.6 Å². The number of ether oxygens (including phenoxy) is 1. The highest BCUT2D eigenvalue weighted by atomic mass is 16.6. The van der Waals surface area contributed by atoms with Gasteiger partial charge in [0.15, 0.2) is 5.75 Å². The van der Waals surface area contributed by atoms with Gasteiger partial charge in [0.25, 0.3) is 5.91 Å². The van der Waals surface area contributed by atoms with E-state index < -0.39 is 4.92 Å². The summed E-state index contributed by atoms with van der Waals surface area (Å²) in [5, 5.41) is 11.1. The quantitative estimate of drug-likeness (QED) is 0.576. The Morgan fingerprint density at radius 1 is 1.29 bits per heavy atom. The maximum absolute atomic E-state index is 12.6. The zero-order valence-electron chi connectivity index (χ0n) is 13.6. The lowest BCUT2D eigenvalue weighted by Crippen LogP contribution is -2.32. The minimum atomic E-state index is -0.553. The van der Waals surface area contributed by atoms with E-state index in [0.29, 0.717) is 19.5 Å². The molecule has 0 fully saturated rings. The molecule has 2 rings (SSSR count). The molecule has 2 aromatic rings. The number of likely N-dealkylation sites (N-methyl/N-ethyl adjacent to an activating group) is 1. The van der Waals surface area contributed by atoms with Crippen LogP contribution < -0.4 is 4.74 Å². The molecule has 0 spiro atoms. The predicted molar refractivity (Wildman–Crippen MR) is 89.2 cm³/mol. The van der Waals surface area contributed by atoms with Crippen LogP contribution >= 0.6 is 0 Å². The Hall–Kier alpha value is -2.96. The van der Waals surface area contributed by atoms with Gasteiger partial charge in [-0.05, 0) is 43.2 Å². The van der Waals surface area contributed by atoms with Crippen molar-refractivity contribution in [3.8, 4) is 5.75 Å². The molecule has 24 heavy (non-hydrogen) atoms. The third-order valence-electron chi connectivity index (χ3n) is 3.71. The summed E-state index contributed by atoms with van der Waals surface area (Å²) in [7, 11) is 1.36. The summed E-state index contributed by atoms with van der Waals surface area (Å²) >= 11 is 0. The van der Waals surface area contributed by atoms with Crippen LogP contribution in [0.1, 0.15) is 22.8 Å². The second-order valence-electron chi connectivity index (χ2n) is 5.13. The number of carbonyl (C=O) groups excluding carboxylic acids is 1. The number of aromatic nitrogens is 1. The number of methoxy groups -OCH3 is 1. The minimum Gasteiger partial charge on any atom is -0.490 e. The molecule has 0 aliphatic heterocycles. The normalized spacial score (nSPS) is 10.2. The average Bonchev–Trinajstić information content (AvgIpc) is 2.62. The third kappa shape index (κ3) is 4.07. The average molecular weight is 329 g/mol. The number of hydrogen-bond donors (Lipinski definition) is 0. The SMILES string of the molecule is CCN(CCc1ccncc1)C(=O)c1ccc(OC)c([N+](=O)[O-])c1. The molecule has 1 heterocycles. The first-order valence-corrected chi connectivity index (χ1v) is 7.57. The van der Waals surface area contributed by atoms with E-state index >= 15 is 0 Å². The van der Waals surface area contributed by atoms with E-state index in [2.05, 4.69) is 4.98 Å². The van der Waals surface area contributed by atoms with Gasteiger partial charge in [0.05, 0.1) is 12.0 Å². The lowest BCUT2D eigenvalue weighted by Gasteiger charge is -2.21. The van der Waals surface area contributed by atoms with Crippen molar-refractivity contribution in [2.45, 2.75) is 13.3 Å². The fraction of sp³-hybridized carbons (Fsp3) is 0.294. The number of pyridine rings is 1. The monoisotopic (exact) mass is 329 g/mol. The van der Waals surface area contributed by atoms with Gasteiger partial charge in [-0.2, -0.15) is 0 Å². The smallest absolute Gasteiger partial charge is 0.311 e. The molecule has 0 bridgehead atoms. The van der Waals surface area contributed by atoms with E-state index in [1.165, 1.54) is 19.2 Å². The molecular weight excluding hydrogens is 310 g/mol. The lowest BCUT2D eigenvalue weighted by molar-refractivity contribution is -0.385. The van der Waals surface area contributed by atoms with Crippen molar-refractivity contribution in [3.05, 3.63) is 64.0 Å². The Morgan fingerprint density at radius 2 is 2.00 bits per heavy atom. The highest BCUT2D eigenvalue weighted by molar-refractivity contribution is 5.95. The number of hydrogen-bond acceptors (Lipinski definition) is 5. The van der Waals surface area contributed by atoms with Gasteiger partial charge in [0.1, 0.15) is 0 Å². The highest BCUT2D eigenvalue weighted by Crippen LogP contribution is 2.28. The second-order valence-corrected chi connectivity index (χ2v) is 5.13. The summed E-state index contributed by atoms with van der Waals surface area (Å²) in [6, 6.07) is 8.05. The zero-order chi connectivity index (χ0) is 17.5. The molecule has 0 aliphatic carbocycles. The van der Waals surface area contributed by atoms with Crippen molar-refractivity contribution < 1.29 is 14.5 Å². The van der Waals surface area contributed by atoms with Crippen molar-refractivity contribution in [2.75, 3.05) is 20.2 Å². The highest BCUT2D eigenvalue weighted by Gasteiger charge is 2.21. The first-order valence-electron chi connectivity index (χ1n) is 7.57. The molecular formula is C17H19N3O4. The Kier molecular flexibility index (Phi) is 5.83. The molecule has 126 valence electrons. The summed E-state index contributed by atoms with van der Waals surface area (Å²) in [5.74, 6) is -0.103. The maximum atomic E-state index is 12.6. The zero-order valence-corrected chi connectivity index (χ0v) is 13.6. The fourth-order valence-corrected chi connectivity index (χ4v) is 2.37. The summed E-state index contributed by atoms with van der Waals surface area (Å²) in [6.45, 7) is 2.92. The minimum absolute atomic E-state index is 0.136. The van der Waals surface area contributed by atoms with Crippen LogP contribution in [0.15, 0.2) is 42.7 Å². The van der Waals surface area contributed by atoms with Gasteiger partial charge in [-0.25, -0.2) is 0 Å². The fourth-order valence-electron chi connectivity index (χ4n) is 2.37. The van der Waals surface area contributed by atoms with Crippen molar-refractivity contribution in [3.63, 3.8) is 0 Å². The number of benzene rings is 1. The Bertz CT molecular complexity index is 719. The number of rotatable bonds is 7. The van der Waals surface area contributed by atoms with E-state index in [0.717, 1.165) is 5.56 Å². The lowest BCUT2D eigenvalue weighted by atomic mass is 10.1. The largest absolute Gasteiger partial charge is 0.490 e. The molecule has 0 atom stereocenters. The van der Waals surface area contributed by atoms with Crippen LogP contribution in [0.2, 0.25) is 0 Å². The summed E-state index contributed by atoms with van der Waals surface area (Å²) in [6.07, 6.45) is 4.11. The van der Waals surface area contributed by atoms with Gasteiger partial charge < -0.3 is 9.64 Å². The van der Waals surface area contributed by atoms with Crippen LogP contribution in [0.5, 0.6) is 5.75 Å². The molecule has 0 N–H and O–H groups in total. The molecule has 7 nitrogen and oxygen atoms in total. The summed E-state index contributed by atoms with van der Waals surface area (Å²) in [5.41, 5.74) is 1.14. The molecule has 1 aromatic carbocycles. The number of nitro benzene ring substituents is 1. The number of amides is 1. The Morgan fingerprint density at radius 3 is 2.58 bits per heavy atom. The van der Waals surface area contributed by atoms with E-state index in [1.807, 2.05) is 19.1 Å². The van der Waals surface area contributed by atoms with Crippen LogP contribution in [-0.2, 0) is 6.42 Å². The van der Waals surface area contributed by atoms with Gasteiger partial charge >= 0.3 is 5.69 Å². The van der Waals surface area contributed by atoms with E-state index in [-0.39, 0.29) is 22.9 Å². The van der Waals surface area contributed by atoms with Gasteiger partial charge in [0.2, 0.25) is 0 Å². The second kappa shape index (κ2) is 8.05. The standard InChI is InChI=1S/C17H19N3O4/c1-3-19(11-8-13-6-9-18-10-7-13)17(21)14-4-5-16(24-2)15(12-14)20(22)23/h4-7,9-10,12H,3,8,11H2,1-2H3. The third-order valence-corrected chi connectivity index (χ3v) is 3.71. The van der Waals surface area contributed by atoms with Crippen molar-refractivity contribution >= 4 is 11.6 Å². The van der Waals surface area contributed by atoms with E-state index in [4.69, 9.17) is 4.74 Å². The molecule has 0 radical (unpaired) electrons. The number of carbonyl (C=O) groups is 1. The Balaban J connectivity index is 2.16. The molecule has 0 saturated heterocycles. The molecule has 0 saturated carbocycles. The molecule has 1 amide bonds. The predicted octanol–water partition coefficient (Wildman–Crippen LogP) is 2.70. The van der Waals surface area contributed by atoms with E-state index in [9.17, 15) is 14.9 Å². The van der Waals surface area contributed by atoms with Crippen LogP contribution in [-0.4, -0.2) is 40.9 Å². The molecule has 7 heteroatoms. The van der Waals surface area contributed by atoms with Gasteiger partial charge in [-0.3, -0.25) is 19.9 Å².